The van der Waals surface area contributed by atoms with Crippen molar-refractivity contribution in [2.24, 2.45) is 0 Å². The second kappa shape index (κ2) is 3.91. The van der Waals surface area contributed by atoms with Crippen LogP contribution in [0.2, 0.25) is 0 Å². The molecule has 0 bridgehead atoms. The summed E-state index contributed by atoms with van der Waals surface area (Å²) in [5.41, 5.74) is 5.44. The van der Waals surface area contributed by atoms with Crippen molar-refractivity contribution < 1.29 is 4.21 Å². The molecular weight excluding hydrogens is 200 g/mol. The highest BCUT2D eigenvalue weighted by atomic mass is 32.2. The average Bonchev–Trinajstić information content (AvgIpc) is 2.21. The maximum Gasteiger partial charge on any atom is 0.147 e. The highest BCUT2D eigenvalue weighted by molar-refractivity contribution is 7.85. The summed E-state index contributed by atoms with van der Waals surface area (Å²) in [6, 6.07) is 0. The molecule has 0 spiro atoms. The standard InChI is InChI=1S/C8H12N4OS/c9-7-5-11-8(6-10-7)12-1-3-14(13)4-2-12/h5-6H,1-4H2,(H2,9,10). The molecule has 1 fully saturated rings. The van der Waals surface area contributed by atoms with E-state index in [0.29, 0.717) is 17.3 Å². The Kier molecular flexibility index (Phi) is 2.62. The Balaban J connectivity index is 2.08. The van der Waals surface area contributed by atoms with Crippen LogP contribution >= 0.6 is 0 Å². The molecule has 0 aliphatic carbocycles. The Morgan fingerprint density at radius 1 is 1.29 bits per heavy atom. The Bertz CT molecular complexity index is 330. The van der Waals surface area contributed by atoms with Crippen molar-refractivity contribution in [3.8, 4) is 0 Å². The number of nitrogen functional groups attached to an aromatic ring is 1. The monoisotopic (exact) mass is 212 g/mol. The largest absolute Gasteiger partial charge is 0.382 e. The lowest BCUT2D eigenvalue weighted by molar-refractivity contribution is 0.672. The third kappa shape index (κ3) is 2.01. The molecule has 0 radical (unpaired) electrons. The van der Waals surface area contributed by atoms with Crippen molar-refractivity contribution in [2.45, 2.75) is 0 Å². The summed E-state index contributed by atoms with van der Waals surface area (Å²) in [4.78, 5) is 10.2. The van der Waals surface area contributed by atoms with Crippen molar-refractivity contribution >= 4 is 22.4 Å². The van der Waals surface area contributed by atoms with Gasteiger partial charge in [-0.2, -0.15) is 0 Å². The fourth-order valence-corrected chi connectivity index (χ4v) is 2.41. The Hall–Kier alpha value is -1.17. The van der Waals surface area contributed by atoms with Crippen LogP contribution in [0.25, 0.3) is 0 Å². The number of hydrogen-bond donors (Lipinski definition) is 1. The van der Waals surface area contributed by atoms with Gasteiger partial charge in [0.05, 0.1) is 12.4 Å². The molecular formula is C8H12N4OS. The zero-order valence-corrected chi connectivity index (χ0v) is 8.54. The van der Waals surface area contributed by atoms with Gasteiger partial charge in [0.1, 0.15) is 11.6 Å². The van der Waals surface area contributed by atoms with Crippen molar-refractivity contribution in [1.82, 2.24) is 9.97 Å². The molecule has 2 heterocycles. The van der Waals surface area contributed by atoms with E-state index in [-0.39, 0.29) is 0 Å². The van der Waals surface area contributed by atoms with Gasteiger partial charge in [0.2, 0.25) is 0 Å². The van der Waals surface area contributed by atoms with Crippen LogP contribution in [0.1, 0.15) is 0 Å². The van der Waals surface area contributed by atoms with E-state index < -0.39 is 10.8 Å². The molecule has 1 saturated heterocycles. The molecule has 76 valence electrons. The number of nitrogens with zero attached hydrogens (tertiary/aromatic N) is 3. The molecule has 1 aliphatic rings. The lowest BCUT2D eigenvalue weighted by atomic mass is 10.5. The van der Waals surface area contributed by atoms with Crippen LogP contribution in [0.5, 0.6) is 0 Å². The maximum absolute atomic E-state index is 11.1. The van der Waals surface area contributed by atoms with Crippen LogP contribution in [-0.4, -0.2) is 38.8 Å². The molecule has 2 N–H and O–H groups in total. The van der Waals surface area contributed by atoms with Gasteiger partial charge >= 0.3 is 0 Å². The lowest BCUT2D eigenvalue weighted by Gasteiger charge is -2.26. The SMILES string of the molecule is Nc1cnc(N2CCS(=O)CC2)cn1. The van der Waals surface area contributed by atoms with E-state index in [1.807, 2.05) is 0 Å². The second-order valence-corrected chi connectivity index (χ2v) is 4.83. The molecule has 1 aliphatic heterocycles. The summed E-state index contributed by atoms with van der Waals surface area (Å²) >= 11 is 0. The molecule has 1 aromatic heterocycles. The van der Waals surface area contributed by atoms with E-state index >= 15 is 0 Å². The number of nitrogens with two attached hydrogens (primary N) is 1. The van der Waals surface area contributed by atoms with Gasteiger partial charge in [0, 0.05) is 35.4 Å². The van der Waals surface area contributed by atoms with Gasteiger partial charge in [-0.15, -0.1) is 0 Å². The Morgan fingerprint density at radius 3 is 2.57 bits per heavy atom. The van der Waals surface area contributed by atoms with Gasteiger partial charge in [-0.25, -0.2) is 9.97 Å². The van der Waals surface area contributed by atoms with Crippen LogP contribution in [0.3, 0.4) is 0 Å². The first-order chi connectivity index (χ1) is 6.75. The molecule has 6 heteroatoms. The highest BCUT2D eigenvalue weighted by Gasteiger charge is 2.16. The molecule has 14 heavy (non-hydrogen) atoms. The Labute approximate surface area is 84.8 Å². The highest BCUT2D eigenvalue weighted by Crippen LogP contribution is 2.12. The van der Waals surface area contributed by atoms with Crippen molar-refractivity contribution in [2.75, 3.05) is 35.2 Å². The van der Waals surface area contributed by atoms with E-state index in [0.717, 1.165) is 18.9 Å². The summed E-state index contributed by atoms with van der Waals surface area (Å²) in [5.74, 6) is 2.67. The molecule has 2 rings (SSSR count). The topological polar surface area (TPSA) is 72.1 Å². The lowest BCUT2D eigenvalue weighted by Crippen LogP contribution is -2.38. The van der Waals surface area contributed by atoms with Crippen molar-refractivity contribution in [3.05, 3.63) is 12.4 Å². The van der Waals surface area contributed by atoms with Crippen LogP contribution < -0.4 is 10.6 Å². The molecule has 1 aromatic rings. The van der Waals surface area contributed by atoms with Gasteiger partial charge < -0.3 is 10.6 Å². The van der Waals surface area contributed by atoms with Crippen molar-refractivity contribution in [1.29, 1.82) is 0 Å². The smallest absolute Gasteiger partial charge is 0.147 e. The first kappa shape index (κ1) is 9.39. The van der Waals surface area contributed by atoms with E-state index in [2.05, 4.69) is 14.9 Å². The second-order valence-electron chi connectivity index (χ2n) is 3.13. The van der Waals surface area contributed by atoms with Gasteiger partial charge in [0.15, 0.2) is 0 Å². The number of aromatic nitrogens is 2. The van der Waals surface area contributed by atoms with Crippen molar-refractivity contribution in [3.63, 3.8) is 0 Å². The summed E-state index contributed by atoms with van der Waals surface area (Å²) in [6.07, 6.45) is 3.20. The minimum absolute atomic E-state index is 0.425. The normalized spacial score (nSPS) is 18.4. The fraction of sp³-hybridized carbons (Fsp3) is 0.500. The van der Waals surface area contributed by atoms with Crippen LogP contribution in [-0.2, 0) is 10.8 Å². The number of hydrogen-bond acceptors (Lipinski definition) is 5. The quantitative estimate of drug-likeness (QED) is 0.687. The van der Waals surface area contributed by atoms with Gasteiger partial charge in [-0.05, 0) is 0 Å². The summed E-state index contributed by atoms with van der Waals surface area (Å²) in [6.45, 7) is 1.57. The third-order valence-corrected chi connectivity index (χ3v) is 3.44. The minimum Gasteiger partial charge on any atom is -0.382 e. The van der Waals surface area contributed by atoms with Gasteiger partial charge in [0.25, 0.3) is 0 Å². The van der Waals surface area contributed by atoms with Crippen LogP contribution in [0.4, 0.5) is 11.6 Å². The van der Waals surface area contributed by atoms with Gasteiger partial charge in [-0.3, -0.25) is 4.21 Å². The molecule has 5 nitrogen and oxygen atoms in total. The molecule has 0 atom stereocenters. The maximum atomic E-state index is 11.1. The van der Waals surface area contributed by atoms with E-state index in [4.69, 9.17) is 5.73 Å². The summed E-state index contributed by atoms with van der Waals surface area (Å²) < 4.78 is 11.1. The first-order valence-corrected chi connectivity index (χ1v) is 5.92. The van der Waals surface area contributed by atoms with Crippen LogP contribution in [0, 0.1) is 0 Å². The number of rotatable bonds is 1. The van der Waals surface area contributed by atoms with Crippen LogP contribution in [0.15, 0.2) is 12.4 Å². The van der Waals surface area contributed by atoms with Gasteiger partial charge in [-0.1, -0.05) is 0 Å². The predicted molar refractivity (Wildman–Crippen MR) is 56.5 cm³/mol. The zero-order valence-electron chi connectivity index (χ0n) is 7.72. The summed E-state index contributed by atoms with van der Waals surface area (Å²) in [7, 11) is -0.654. The molecule has 0 amide bonds. The molecule has 0 saturated carbocycles. The predicted octanol–water partition coefficient (Wildman–Crippen LogP) is -0.373. The molecule has 0 unspecified atom stereocenters. The average molecular weight is 212 g/mol. The van der Waals surface area contributed by atoms with E-state index in [1.54, 1.807) is 12.4 Å². The first-order valence-electron chi connectivity index (χ1n) is 4.43. The van der Waals surface area contributed by atoms with E-state index in [9.17, 15) is 4.21 Å². The zero-order chi connectivity index (χ0) is 9.97. The molecule has 0 aromatic carbocycles. The Morgan fingerprint density at radius 2 is 2.00 bits per heavy atom. The fourth-order valence-electron chi connectivity index (χ4n) is 1.36. The minimum atomic E-state index is -0.654. The summed E-state index contributed by atoms with van der Waals surface area (Å²) in [5, 5.41) is 0. The third-order valence-electron chi connectivity index (χ3n) is 2.16. The van der Waals surface area contributed by atoms with E-state index in [1.165, 1.54) is 0 Å². The number of anilines is 2.